The standard InChI is InChI=1S/C54H63N17O20S/c1-21-39(77)38-36(40(78)41(21)89-2)25(19-91-53(58)88)54(90-3)42-30(17-70(38)54)71(42)34(74)18-69-33(73)14-31(48(69)83)92-20-29(50(86)87)66-46(81)28(13-35(75)76)65-45(80)26(5-4-12-59-51(55)56)63-32(72)11-10-27(49(84)85)64-44(79)22-6-8-23(9-7-22)60-15-24-16-61-43-37(62-24)47(82)68-52(57)67-43/h6-9,14,16,19,26-30,42,60,73,77-78,83H,4-5,10-13,15,17-18,20H2,1-3H3,(H2,58,88)(H,63,72)(H,64,79)(H,65,80)(H,66,81)(H,75,76)(H,84,85)(H,86,87)(H4,55,56,59)(H3,57,61,67,68,82)/t26-,27-,28-,29?,30-,42-,54+,71?/m1/s1. The molecule has 2 fully saturated rings. The minimum atomic E-state index is -2.00. The Morgan fingerprint density at radius 1 is 0.902 bits per heavy atom. The molecule has 0 aliphatic carbocycles. The van der Waals surface area contributed by atoms with Crippen molar-refractivity contribution in [2.45, 2.75) is 99.0 Å². The van der Waals surface area contributed by atoms with Gasteiger partial charge in [0, 0.05) is 55.3 Å². The molecule has 6 heterocycles. The maximum Gasteiger partial charge on any atom is 0.409 e. The zero-order valence-electron chi connectivity index (χ0n) is 48.8. The Bertz CT molecular complexity index is 3900. The van der Waals surface area contributed by atoms with Gasteiger partial charge in [0.25, 0.3) is 11.5 Å². The molecule has 38 heteroatoms. The molecule has 37 nitrogen and oxygen atoms in total. The summed E-state index contributed by atoms with van der Waals surface area (Å²) in [7, 11) is 2.53. The number of nitrogens with one attached hydrogen (secondary N) is 8. The van der Waals surface area contributed by atoms with Gasteiger partial charge in [0.2, 0.25) is 35.5 Å². The van der Waals surface area contributed by atoms with E-state index in [1.54, 1.807) is 4.90 Å². The first-order chi connectivity index (χ1) is 43.6. The van der Waals surface area contributed by atoms with Gasteiger partial charge in [0.15, 0.2) is 40.2 Å². The van der Waals surface area contributed by atoms with Crippen molar-refractivity contribution in [3.63, 3.8) is 0 Å². The number of carbonyl (C=O) groups excluding carboxylic acids is 6. The van der Waals surface area contributed by atoms with Crippen LogP contribution in [0.2, 0.25) is 0 Å². The van der Waals surface area contributed by atoms with E-state index < -0.39 is 156 Å². The van der Waals surface area contributed by atoms with Gasteiger partial charge >= 0.3 is 24.0 Å². The fourth-order valence-corrected chi connectivity index (χ4v) is 11.7. The van der Waals surface area contributed by atoms with Gasteiger partial charge in [-0.3, -0.25) is 48.5 Å². The number of benzene rings is 2. The maximum absolute atomic E-state index is 14.1. The summed E-state index contributed by atoms with van der Waals surface area (Å²) in [6.07, 6.45) is -1.42. The van der Waals surface area contributed by atoms with Gasteiger partial charge in [-0.05, 0) is 50.5 Å². The van der Waals surface area contributed by atoms with Crippen LogP contribution < -0.4 is 64.3 Å². The highest BCUT2D eigenvalue weighted by Crippen LogP contribution is 2.66. The molecule has 92 heavy (non-hydrogen) atoms. The molecule has 5 aromatic rings. The Kier molecular flexibility index (Phi) is 20.0. The highest BCUT2D eigenvalue weighted by Gasteiger charge is 2.75. The molecule has 1 unspecified atom stereocenters. The Morgan fingerprint density at radius 2 is 1.59 bits per heavy atom. The van der Waals surface area contributed by atoms with Crippen molar-refractivity contribution in [2.75, 3.05) is 49.0 Å². The van der Waals surface area contributed by atoms with Crippen LogP contribution in [0.4, 0.5) is 22.1 Å². The second-order valence-electron chi connectivity index (χ2n) is 20.9. The number of carboxylic acid groups (broad SMARTS) is 3. The Hall–Kier alpha value is -11.3. The molecule has 490 valence electrons. The lowest BCUT2D eigenvalue weighted by atomic mass is 9.95. The van der Waals surface area contributed by atoms with E-state index >= 15 is 0 Å². The fraction of sp³-hybridized carbons (Fsp3) is 0.370. The smallest absolute Gasteiger partial charge is 0.409 e. The number of primary amides is 1. The molecule has 3 aliphatic heterocycles. The van der Waals surface area contributed by atoms with Crippen LogP contribution in [0.15, 0.2) is 52.5 Å². The lowest BCUT2D eigenvalue weighted by Gasteiger charge is -2.37. The molecule has 2 aromatic carbocycles. The number of aromatic nitrogens is 5. The second-order valence-corrected chi connectivity index (χ2v) is 22.0. The lowest BCUT2D eigenvalue weighted by Crippen LogP contribution is -2.56. The molecule has 7 atom stereocenters. The lowest BCUT2D eigenvalue weighted by molar-refractivity contribution is -0.143. The number of piperazine rings is 1. The number of guanidine groups is 1. The average Bonchev–Trinajstić information content (AvgIpc) is 1.49. The number of methoxy groups -OCH3 is 2. The Morgan fingerprint density at radius 3 is 2.23 bits per heavy atom. The minimum Gasteiger partial charge on any atom is -0.505 e. The number of amides is 6. The van der Waals surface area contributed by atoms with Crippen molar-refractivity contribution in [3.05, 3.63) is 75.5 Å². The van der Waals surface area contributed by atoms with Crippen molar-refractivity contribution in [2.24, 2.45) is 11.5 Å². The molecule has 0 bridgehead atoms. The van der Waals surface area contributed by atoms with Gasteiger partial charge in [0.1, 0.15) is 48.8 Å². The second kappa shape index (κ2) is 27.6. The number of phenolic OH excluding ortho intramolecular Hbond substituents is 2. The summed E-state index contributed by atoms with van der Waals surface area (Å²) in [5.74, 6) is -13.3. The zero-order chi connectivity index (χ0) is 67.2. The van der Waals surface area contributed by atoms with Gasteiger partial charge in [-0.25, -0.2) is 24.4 Å². The third kappa shape index (κ3) is 14.1. The number of aromatic hydroxyl groups is 4. The van der Waals surface area contributed by atoms with E-state index in [4.69, 9.17) is 36.8 Å². The normalized spacial score (nSPS) is 17.6. The summed E-state index contributed by atoms with van der Waals surface area (Å²) < 4.78 is 17.2. The van der Waals surface area contributed by atoms with E-state index in [1.165, 1.54) is 56.5 Å². The topological polar surface area (TPSA) is 580 Å². The molecule has 8 rings (SSSR count). The molecule has 3 aliphatic rings. The van der Waals surface area contributed by atoms with E-state index in [1.807, 2.05) is 0 Å². The average molecular weight is 1300 g/mol. The predicted molar refractivity (Wildman–Crippen MR) is 319 cm³/mol. The minimum absolute atomic E-state index is 0.0125. The van der Waals surface area contributed by atoms with Crippen molar-refractivity contribution < 1.29 is 93.1 Å². The first-order valence-electron chi connectivity index (χ1n) is 27.6. The highest BCUT2D eigenvalue weighted by atomic mass is 32.2. The van der Waals surface area contributed by atoms with Gasteiger partial charge in [0.05, 0.1) is 59.7 Å². The van der Waals surface area contributed by atoms with E-state index in [-0.39, 0.29) is 93.9 Å². The van der Waals surface area contributed by atoms with Gasteiger partial charge < -0.3 is 109 Å². The first kappa shape index (κ1) is 66.6. The highest BCUT2D eigenvalue weighted by molar-refractivity contribution is 7.99. The summed E-state index contributed by atoms with van der Waals surface area (Å²) in [6.45, 7) is 0.824. The maximum atomic E-state index is 14.1. The molecular weight excluding hydrogens is 1240 g/mol. The van der Waals surface area contributed by atoms with Crippen LogP contribution in [-0.4, -0.2) is 200 Å². The number of fused-ring (bicyclic) bond motifs is 6. The number of nitrogens with zero attached hydrogens (tertiary/aromatic N) is 6. The zero-order valence-corrected chi connectivity index (χ0v) is 49.7. The predicted octanol–water partition coefficient (Wildman–Crippen LogP) is -2.23. The molecule has 2 saturated heterocycles. The number of carbonyl (C=O) groups is 9. The number of nitrogen functional groups attached to an aromatic ring is 1. The number of aromatic amines is 1. The monoisotopic (exact) mass is 1300 g/mol. The number of rotatable bonds is 29. The van der Waals surface area contributed by atoms with E-state index in [0.717, 1.165) is 16.9 Å². The van der Waals surface area contributed by atoms with Crippen LogP contribution in [0.1, 0.15) is 59.3 Å². The Balaban J connectivity index is 0.870. The van der Waals surface area contributed by atoms with E-state index in [9.17, 15) is 83.7 Å². The van der Waals surface area contributed by atoms with Crippen LogP contribution in [0.25, 0.3) is 16.7 Å². The summed E-state index contributed by atoms with van der Waals surface area (Å²) in [5, 5.41) is 97.0. The van der Waals surface area contributed by atoms with Crippen molar-refractivity contribution >= 4 is 105 Å². The van der Waals surface area contributed by atoms with Crippen LogP contribution in [0.3, 0.4) is 0 Å². The molecular formula is C54H63N17O20S. The van der Waals surface area contributed by atoms with Gasteiger partial charge in [-0.2, -0.15) is 4.98 Å². The van der Waals surface area contributed by atoms with E-state index in [0.29, 0.717) is 23.1 Å². The van der Waals surface area contributed by atoms with Gasteiger partial charge in [-0.1, -0.05) is 0 Å². The molecule has 3 aromatic heterocycles. The largest absolute Gasteiger partial charge is 0.505 e. The van der Waals surface area contributed by atoms with Gasteiger partial charge in [-0.15, -0.1) is 11.8 Å². The number of hydrogen-bond acceptors (Lipinski definition) is 25. The summed E-state index contributed by atoms with van der Waals surface area (Å²) in [6, 6.07) is -1.90. The molecule has 21 N–H and O–H groups in total. The van der Waals surface area contributed by atoms with Crippen LogP contribution in [0, 0.1) is 12.3 Å². The molecule has 0 radical (unpaired) electrons. The van der Waals surface area contributed by atoms with E-state index in [2.05, 4.69) is 51.8 Å². The molecule has 6 amide bonds. The SMILES string of the molecule is COc1c(C)c(O)c2c(c1O)C(=COC(N)=O)[C@]1(OC)[C@H]3[C@@H](CN21)N3C(=O)Cn1c(O)cc(SCC(NC(=O)[C@@H](CC(=O)O)NC(=O)[C@@H](CCCNC(=N)N)NC(=O)CC[C@@H](NC(=O)c2ccc(NCc3cnc4nc(N)[nH]c(=O)c4n3)cc2)C(=O)O)C(=O)O)c1O. The number of ether oxygens (including phenoxy) is 3. The molecule has 0 spiro atoms. The fourth-order valence-electron chi connectivity index (χ4n) is 10.7. The number of phenols is 2. The quantitative estimate of drug-likeness (QED) is 0.00458. The third-order valence-electron chi connectivity index (χ3n) is 15.1. The van der Waals surface area contributed by atoms with Crippen molar-refractivity contribution in [1.29, 1.82) is 5.41 Å². The Labute approximate surface area is 522 Å². The number of anilines is 3. The number of H-pyrrole nitrogens is 1. The number of carboxylic acids is 3. The molecule has 0 saturated carbocycles. The summed E-state index contributed by atoms with van der Waals surface area (Å²) in [5.41, 5.74) is 15.0. The summed E-state index contributed by atoms with van der Waals surface area (Å²) in [4.78, 5) is 147. The first-order valence-corrected chi connectivity index (χ1v) is 28.6. The van der Waals surface area contributed by atoms with Crippen LogP contribution in [0.5, 0.6) is 29.0 Å². The number of thioether (sulfide) groups is 1. The van der Waals surface area contributed by atoms with Crippen molar-refractivity contribution in [3.8, 4) is 29.0 Å². The summed E-state index contributed by atoms with van der Waals surface area (Å²) >= 11 is 0.576. The number of aliphatic carboxylic acids is 3. The van der Waals surface area contributed by atoms with Crippen LogP contribution in [-0.2, 0) is 56.1 Å². The number of hydrogen-bond donors (Lipinski definition) is 18. The number of nitrogens with two attached hydrogens (primary N) is 3. The third-order valence-corrected chi connectivity index (χ3v) is 16.2. The van der Waals surface area contributed by atoms with Crippen LogP contribution >= 0.6 is 11.8 Å². The van der Waals surface area contributed by atoms with Crippen molar-refractivity contribution in [1.82, 2.24) is 56.0 Å².